The standard InChI is InChI=1S/C13H15NO/c1-2-6-12(9-10-14-11-15)13-7-4-3-5-8-13/h2-8,12H,9-10H2,1H3. The number of benzene rings is 1. The number of hydrogen-bond donors (Lipinski definition) is 0. The van der Waals surface area contributed by atoms with Crippen LogP contribution in [0.4, 0.5) is 0 Å². The molecule has 0 fully saturated rings. The first-order valence-electron chi connectivity index (χ1n) is 5.10. The Morgan fingerprint density at radius 3 is 2.73 bits per heavy atom. The van der Waals surface area contributed by atoms with E-state index in [0.717, 1.165) is 6.42 Å². The van der Waals surface area contributed by atoms with Crippen LogP contribution in [0.2, 0.25) is 0 Å². The van der Waals surface area contributed by atoms with Crippen molar-refractivity contribution >= 4 is 6.08 Å². The lowest BCUT2D eigenvalue weighted by Crippen LogP contribution is -1.97. The van der Waals surface area contributed by atoms with E-state index in [9.17, 15) is 4.79 Å². The van der Waals surface area contributed by atoms with Crippen LogP contribution in [-0.2, 0) is 4.79 Å². The quantitative estimate of drug-likeness (QED) is 0.409. The molecule has 1 rings (SSSR count). The zero-order valence-electron chi connectivity index (χ0n) is 8.89. The highest BCUT2D eigenvalue weighted by Crippen LogP contribution is 2.20. The molecule has 78 valence electrons. The number of aliphatic imine (C=N–C) groups is 1. The number of rotatable bonds is 5. The first-order valence-corrected chi connectivity index (χ1v) is 5.10. The minimum absolute atomic E-state index is 0.341. The van der Waals surface area contributed by atoms with Gasteiger partial charge in [0, 0.05) is 5.92 Å². The minimum Gasteiger partial charge on any atom is -0.211 e. The average molecular weight is 201 g/mol. The fourth-order valence-electron chi connectivity index (χ4n) is 1.56. The maximum Gasteiger partial charge on any atom is 0.234 e. The minimum atomic E-state index is 0.341. The Bertz CT molecular complexity index is 350. The smallest absolute Gasteiger partial charge is 0.211 e. The van der Waals surface area contributed by atoms with Gasteiger partial charge in [-0.05, 0) is 18.9 Å². The number of hydrogen-bond acceptors (Lipinski definition) is 2. The molecule has 0 aromatic heterocycles. The van der Waals surface area contributed by atoms with Gasteiger partial charge in [-0.2, -0.15) is 0 Å². The summed E-state index contributed by atoms with van der Waals surface area (Å²) in [5, 5.41) is 0. The molecular weight excluding hydrogens is 186 g/mol. The van der Waals surface area contributed by atoms with Crippen molar-refractivity contribution in [2.24, 2.45) is 4.99 Å². The third-order valence-corrected chi connectivity index (χ3v) is 2.27. The van der Waals surface area contributed by atoms with Crippen LogP contribution in [0.25, 0.3) is 0 Å². The third kappa shape index (κ3) is 3.92. The SMILES string of the molecule is CC=CC(CCN=C=O)c1ccccc1. The lowest BCUT2D eigenvalue weighted by Gasteiger charge is -2.10. The number of allylic oxidation sites excluding steroid dienone is 2. The van der Waals surface area contributed by atoms with Gasteiger partial charge in [-0.25, -0.2) is 9.79 Å². The van der Waals surface area contributed by atoms with Crippen molar-refractivity contribution in [2.75, 3.05) is 6.54 Å². The van der Waals surface area contributed by atoms with Gasteiger partial charge >= 0.3 is 0 Å². The molecule has 0 heterocycles. The second-order valence-corrected chi connectivity index (χ2v) is 3.30. The maximum absolute atomic E-state index is 9.97. The molecule has 0 amide bonds. The van der Waals surface area contributed by atoms with E-state index in [-0.39, 0.29) is 0 Å². The zero-order chi connectivity index (χ0) is 10.9. The monoisotopic (exact) mass is 201 g/mol. The molecule has 0 saturated carbocycles. The van der Waals surface area contributed by atoms with Crippen molar-refractivity contribution in [3.8, 4) is 0 Å². The summed E-state index contributed by atoms with van der Waals surface area (Å²) < 4.78 is 0. The first-order chi connectivity index (χ1) is 7.38. The summed E-state index contributed by atoms with van der Waals surface area (Å²) in [6, 6.07) is 10.2. The molecule has 0 radical (unpaired) electrons. The predicted molar refractivity (Wildman–Crippen MR) is 61.6 cm³/mol. The van der Waals surface area contributed by atoms with Gasteiger partial charge in [-0.15, -0.1) is 0 Å². The Balaban J connectivity index is 2.70. The summed E-state index contributed by atoms with van der Waals surface area (Å²) in [5.41, 5.74) is 1.26. The molecule has 15 heavy (non-hydrogen) atoms. The van der Waals surface area contributed by atoms with E-state index in [0.29, 0.717) is 12.5 Å². The molecule has 0 N–H and O–H groups in total. The van der Waals surface area contributed by atoms with Crippen molar-refractivity contribution in [2.45, 2.75) is 19.3 Å². The van der Waals surface area contributed by atoms with Gasteiger partial charge in [0.1, 0.15) is 0 Å². The van der Waals surface area contributed by atoms with Gasteiger partial charge < -0.3 is 0 Å². The van der Waals surface area contributed by atoms with Crippen LogP contribution in [-0.4, -0.2) is 12.6 Å². The van der Waals surface area contributed by atoms with Crippen molar-refractivity contribution in [1.82, 2.24) is 0 Å². The van der Waals surface area contributed by atoms with E-state index >= 15 is 0 Å². The highest BCUT2D eigenvalue weighted by Gasteiger charge is 2.05. The predicted octanol–water partition coefficient (Wildman–Crippen LogP) is 3.07. The highest BCUT2D eigenvalue weighted by molar-refractivity contribution is 5.33. The second-order valence-electron chi connectivity index (χ2n) is 3.30. The molecule has 0 aliphatic carbocycles. The molecule has 0 bridgehead atoms. The van der Waals surface area contributed by atoms with Gasteiger partial charge in [0.25, 0.3) is 0 Å². The van der Waals surface area contributed by atoms with E-state index in [2.05, 4.69) is 23.2 Å². The van der Waals surface area contributed by atoms with Crippen LogP contribution >= 0.6 is 0 Å². The molecule has 2 nitrogen and oxygen atoms in total. The second kappa shape index (κ2) is 6.74. The van der Waals surface area contributed by atoms with E-state index in [1.54, 1.807) is 6.08 Å². The summed E-state index contributed by atoms with van der Waals surface area (Å²) in [5.74, 6) is 0.341. The summed E-state index contributed by atoms with van der Waals surface area (Å²) in [6.07, 6.45) is 6.58. The number of nitrogens with zero attached hydrogens (tertiary/aromatic N) is 1. The topological polar surface area (TPSA) is 29.4 Å². The first kappa shape index (κ1) is 11.4. The molecule has 0 spiro atoms. The molecular formula is C13H15NO. The van der Waals surface area contributed by atoms with Crippen LogP contribution in [0.5, 0.6) is 0 Å². The van der Waals surface area contributed by atoms with Crippen molar-refractivity contribution in [3.63, 3.8) is 0 Å². The fourth-order valence-corrected chi connectivity index (χ4v) is 1.56. The fraction of sp³-hybridized carbons (Fsp3) is 0.308. The Hall–Kier alpha value is -1.66. The van der Waals surface area contributed by atoms with Gasteiger partial charge in [0.05, 0.1) is 6.54 Å². The van der Waals surface area contributed by atoms with Crippen LogP contribution in [0.3, 0.4) is 0 Å². The number of isocyanates is 1. The van der Waals surface area contributed by atoms with E-state index in [4.69, 9.17) is 0 Å². The Morgan fingerprint density at radius 2 is 2.13 bits per heavy atom. The zero-order valence-corrected chi connectivity index (χ0v) is 8.89. The van der Waals surface area contributed by atoms with E-state index < -0.39 is 0 Å². The summed E-state index contributed by atoms with van der Waals surface area (Å²) in [6.45, 7) is 2.53. The van der Waals surface area contributed by atoms with Crippen LogP contribution in [0, 0.1) is 0 Å². The Labute approximate surface area is 90.4 Å². The molecule has 0 aliphatic heterocycles. The third-order valence-electron chi connectivity index (χ3n) is 2.27. The number of carbonyl (C=O) groups excluding carboxylic acids is 1. The van der Waals surface area contributed by atoms with Crippen LogP contribution in [0.15, 0.2) is 47.5 Å². The average Bonchev–Trinajstić information content (AvgIpc) is 2.29. The van der Waals surface area contributed by atoms with E-state index in [1.165, 1.54) is 5.56 Å². The van der Waals surface area contributed by atoms with Crippen molar-refractivity contribution in [1.29, 1.82) is 0 Å². The van der Waals surface area contributed by atoms with Crippen LogP contribution in [0.1, 0.15) is 24.8 Å². The van der Waals surface area contributed by atoms with Gasteiger partial charge in [0.15, 0.2) is 0 Å². The molecule has 1 unspecified atom stereocenters. The molecule has 1 aromatic carbocycles. The Morgan fingerprint density at radius 1 is 1.40 bits per heavy atom. The van der Waals surface area contributed by atoms with Gasteiger partial charge in [0.2, 0.25) is 6.08 Å². The molecule has 0 aliphatic rings. The normalized spacial score (nSPS) is 12.3. The van der Waals surface area contributed by atoms with E-state index in [1.807, 2.05) is 31.2 Å². The summed E-state index contributed by atoms with van der Waals surface area (Å²) >= 11 is 0. The van der Waals surface area contributed by atoms with Gasteiger partial charge in [-0.1, -0.05) is 42.5 Å². The molecule has 1 atom stereocenters. The largest absolute Gasteiger partial charge is 0.234 e. The van der Waals surface area contributed by atoms with Crippen LogP contribution < -0.4 is 0 Å². The summed E-state index contributed by atoms with van der Waals surface area (Å²) in [4.78, 5) is 13.6. The Kier molecular flexibility index (Phi) is 5.13. The lowest BCUT2D eigenvalue weighted by molar-refractivity contribution is 0.561. The summed E-state index contributed by atoms with van der Waals surface area (Å²) in [7, 11) is 0. The lowest BCUT2D eigenvalue weighted by atomic mass is 9.95. The molecule has 2 heteroatoms. The van der Waals surface area contributed by atoms with Crippen molar-refractivity contribution in [3.05, 3.63) is 48.0 Å². The highest BCUT2D eigenvalue weighted by atomic mass is 16.1. The van der Waals surface area contributed by atoms with Crippen molar-refractivity contribution < 1.29 is 4.79 Å². The maximum atomic E-state index is 9.97. The molecule has 0 saturated heterocycles. The van der Waals surface area contributed by atoms with Gasteiger partial charge in [-0.3, -0.25) is 0 Å². The molecule has 1 aromatic rings.